The molecular formula is C20H32N3O4S-. The smallest absolute Gasteiger partial charge is 0.303 e. The largest absolute Gasteiger partial charge is 0.481 e. The van der Waals surface area contributed by atoms with Crippen LogP contribution < -0.4 is 10.5 Å². The molecule has 1 aromatic rings. The summed E-state index contributed by atoms with van der Waals surface area (Å²) in [6, 6.07) is 3.54. The van der Waals surface area contributed by atoms with Crippen LogP contribution in [-0.2, 0) is 30.8 Å². The van der Waals surface area contributed by atoms with Crippen molar-refractivity contribution in [2.45, 2.75) is 71.8 Å². The minimum atomic E-state index is -1.34. The Bertz CT molecular complexity index is 743. The Morgan fingerprint density at radius 3 is 2.57 bits per heavy atom. The average molecular weight is 411 g/mol. The number of nitrogens with zero attached hydrogens (tertiary/aromatic N) is 1. The van der Waals surface area contributed by atoms with Crippen molar-refractivity contribution in [3.63, 3.8) is 0 Å². The van der Waals surface area contributed by atoms with E-state index >= 15 is 0 Å². The van der Waals surface area contributed by atoms with Gasteiger partial charge in [0.15, 0.2) is 0 Å². The predicted molar refractivity (Wildman–Crippen MR) is 112 cm³/mol. The molecule has 0 bridgehead atoms. The van der Waals surface area contributed by atoms with Gasteiger partial charge in [0.05, 0.1) is 5.69 Å². The van der Waals surface area contributed by atoms with Gasteiger partial charge in [0, 0.05) is 25.1 Å². The first-order valence-corrected chi connectivity index (χ1v) is 10.8. The van der Waals surface area contributed by atoms with E-state index in [4.69, 9.17) is 10.8 Å². The first kappa shape index (κ1) is 24.1. The molecule has 1 aromatic heterocycles. The lowest BCUT2D eigenvalue weighted by Crippen LogP contribution is -2.26. The van der Waals surface area contributed by atoms with Crippen molar-refractivity contribution in [1.82, 2.24) is 9.71 Å². The first-order valence-electron chi connectivity index (χ1n) is 9.67. The maximum Gasteiger partial charge on any atom is 0.303 e. The highest BCUT2D eigenvalue weighted by Gasteiger charge is 2.12. The molecule has 0 spiro atoms. The second-order valence-corrected chi connectivity index (χ2v) is 8.67. The Morgan fingerprint density at radius 2 is 1.96 bits per heavy atom. The zero-order valence-corrected chi connectivity index (χ0v) is 17.8. The third-order valence-corrected chi connectivity index (χ3v) is 6.15. The number of rotatable bonds is 13. The minimum Gasteiger partial charge on any atom is -0.481 e. The molecule has 0 fully saturated rings. The van der Waals surface area contributed by atoms with Crippen molar-refractivity contribution in [2.75, 3.05) is 0 Å². The van der Waals surface area contributed by atoms with Crippen molar-refractivity contribution in [1.29, 1.82) is 0 Å². The van der Waals surface area contributed by atoms with Crippen LogP contribution in [-0.4, -0.2) is 26.8 Å². The number of carboxylic acids is 1. The number of nitrogens with one attached hydrogen (secondary N) is 1. The average Bonchev–Trinajstić information content (AvgIpc) is 2.63. The number of carbonyl (C=O) groups excluding carboxylic acids is 1. The van der Waals surface area contributed by atoms with E-state index in [-0.39, 0.29) is 24.8 Å². The zero-order chi connectivity index (χ0) is 21.1. The summed E-state index contributed by atoms with van der Waals surface area (Å²) in [4.78, 5) is 27.0. The number of hydrogen-bond donors (Lipinski definition) is 3. The molecule has 0 radical (unpaired) electrons. The zero-order valence-electron chi connectivity index (χ0n) is 16.9. The highest BCUT2D eigenvalue weighted by molar-refractivity contribution is 7.83. The SMILES string of the molecule is C/C(C(C)C)=[S-](=O)/N[C@@H](CCC(N)=O)c1cc(CCCCCC(=O)O)ccn1. The van der Waals surface area contributed by atoms with Crippen LogP contribution in [0.5, 0.6) is 0 Å². The molecule has 1 atom stereocenters. The molecule has 0 aliphatic rings. The third kappa shape index (κ3) is 9.32. The molecule has 0 saturated heterocycles. The normalized spacial score (nSPS) is 13.9. The Balaban J connectivity index is 2.85. The lowest BCUT2D eigenvalue weighted by Gasteiger charge is -2.25. The number of amides is 1. The number of carboxylic acid groups (broad SMARTS) is 1. The molecule has 0 aliphatic carbocycles. The Hall–Kier alpha value is -1.93. The molecule has 0 aliphatic heterocycles. The monoisotopic (exact) mass is 410 g/mol. The number of primary amides is 1. The van der Waals surface area contributed by atoms with E-state index in [1.54, 1.807) is 6.20 Å². The van der Waals surface area contributed by atoms with Gasteiger partial charge in [-0.2, -0.15) is 4.86 Å². The number of unbranched alkanes of at least 4 members (excludes halogenated alkanes) is 2. The van der Waals surface area contributed by atoms with Gasteiger partial charge in [-0.05, 0) is 49.3 Å². The summed E-state index contributed by atoms with van der Waals surface area (Å²) in [5.41, 5.74) is 7.11. The van der Waals surface area contributed by atoms with Crippen LogP contribution in [0.2, 0.25) is 0 Å². The standard InChI is InChI=1S/C20H32N3O4S/c1-14(2)15(3)28(27)23-17(9-10-19(21)24)18-13-16(11-12-22-18)7-5-4-6-8-20(25)26/h11-14,17H,4-10H2,1-3H3,(H2,21,24)(H,23,27)(H,25,26)/q-1/t17-/m0/s1. The number of carbonyl (C=O) groups is 2. The van der Waals surface area contributed by atoms with Gasteiger partial charge >= 0.3 is 5.97 Å². The van der Waals surface area contributed by atoms with Crippen LogP contribution >= 0.6 is 0 Å². The van der Waals surface area contributed by atoms with Crippen LogP contribution in [0.4, 0.5) is 0 Å². The highest BCUT2D eigenvalue weighted by Crippen LogP contribution is 2.19. The molecule has 7 nitrogen and oxygen atoms in total. The summed E-state index contributed by atoms with van der Waals surface area (Å²) in [6.45, 7) is 5.81. The Morgan fingerprint density at radius 1 is 1.25 bits per heavy atom. The van der Waals surface area contributed by atoms with Crippen LogP contribution in [0, 0.1) is 5.92 Å². The summed E-state index contributed by atoms with van der Waals surface area (Å²) in [5, 5.41) is 8.69. The van der Waals surface area contributed by atoms with Gasteiger partial charge in [-0.15, -0.1) is 0 Å². The van der Waals surface area contributed by atoms with Gasteiger partial charge in [-0.1, -0.05) is 27.2 Å². The van der Waals surface area contributed by atoms with Crippen molar-refractivity contribution >= 4 is 27.3 Å². The fourth-order valence-electron chi connectivity index (χ4n) is 2.61. The predicted octanol–water partition coefficient (Wildman–Crippen LogP) is 2.89. The van der Waals surface area contributed by atoms with Crippen molar-refractivity contribution < 1.29 is 18.9 Å². The molecule has 158 valence electrons. The van der Waals surface area contributed by atoms with E-state index < -0.39 is 22.5 Å². The van der Waals surface area contributed by atoms with E-state index in [1.807, 2.05) is 32.9 Å². The fourth-order valence-corrected chi connectivity index (χ4v) is 3.72. The molecule has 1 rings (SSSR count). The lowest BCUT2D eigenvalue weighted by molar-refractivity contribution is -0.137. The number of aryl methyl sites for hydroxylation is 1. The number of aromatic nitrogens is 1. The van der Waals surface area contributed by atoms with Gasteiger partial charge in [-0.25, -0.2) is 10.6 Å². The minimum absolute atomic E-state index is 0.176. The first-order chi connectivity index (χ1) is 13.2. The second-order valence-electron chi connectivity index (χ2n) is 7.25. The molecule has 1 amide bonds. The van der Waals surface area contributed by atoms with Crippen molar-refractivity contribution in [3.8, 4) is 0 Å². The molecule has 0 aromatic carbocycles. The summed E-state index contributed by atoms with van der Waals surface area (Å²) < 4.78 is 15.7. The van der Waals surface area contributed by atoms with Crippen LogP contribution in [0.1, 0.15) is 76.6 Å². The molecule has 1 heterocycles. The molecule has 28 heavy (non-hydrogen) atoms. The van der Waals surface area contributed by atoms with E-state index in [0.717, 1.165) is 35.4 Å². The maximum absolute atomic E-state index is 12.6. The molecule has 0 unspecified atom stereocenters. The van der Waals surface area contributed by atoms with Gasteiger partial charge in [0.2, 0.25) is 5.91 Å². The van der Waals surface area contributed by atoms with Crippen LogP contribution in [0.25, 0.3) is 0 Å². The molecule has 8 heteroatoms. The van der Waals surface area contributed by atoms with Gasteiger partial charge in [0.1, 0.15) is 0 Å². The van der Waals surface area contributed by atoms with E-state index in [1.165, 1.54) is 0 Å². The maximum atomic E-state index is 12.6. The van der Waals surface area contributed by atoms with Crippen molar-refractivity contribution in [2.24, 2.45) is 11.7 Å². The quantitative estimate of drug-likeness (QED) is 0.262. The van der Waals surface area contributed by atoms with E-state index in [2.05, 4.69) is 9.71 Å². The summed E-state index contributed by atoms with van der Waals surface area (Å²) in [5.74, 6) is -0.997. The molecule has 0 saturated carbocycles. The molecular weight excluding hydrogens is 378 g/mol. The van der Waals surface area contributed by atoms with Gasteiger partial charge in [-0.3, -0.25) is 14.6 Å². The topological polar surface area (TPSA) is 122 Å². The number of hydrogen-bond acceptors (Lipinski definition) is 5. The van der Waals surface area contributed by atoms with Crippen molar-refractivity contribution in [3.05, 3.63) is 29.6 Å². The number of pyridine rings is 1. The summed E-state index contributed by atoms with van der Waals surface area (Å²) >= 11 is 0. The van der Waals surface area contributed by atoms with E-state index in [0.29, 0.717) is 12.8 Å². The summed E-state index contributed by atoms with van der Waals surface area (Å²) in [7, 11) is -1.34. The Kier molecular flexibility index (Phi) is 10.8. The van der Waals surface area contributed by atoms with Gasteiger partial charge < -0.3 is 19.8 Å². The highest BCUT2D eigenvalue weighted by atomic mass is 32.2. The summed E-state index contributed by atoms with van der Waals surface area (Å²) in [6.07, 6.45) is 5.72. The number of aliphatic carboxylic acids is 1. The third-order valence-electron chi connectivity index (χ3n) is 4.59. The lowest BCUT2D eigenvalue weighted by atomic mass is 10.0. The molecule has 4 N–H and O–H groups in total. The van der Waals surface area contributed by atoms with Gasteiger partial charge in [0.25, 0.3) is 0 Å². The fraction of sp³-hybridized carbons (Fsp3) is 0.600. The van der Waals surface area contributed by atoms with Crippen LogP contribution in [0.3, 0.4) is 0 Å². The number of nitrogens with two attached hydrogens (primary N) is 1. The Labute approximate surface area is 169 Å². The van der Waals surface area contributed by atoms with Crippen LogP contribution in [0.15, 0.2) is 18.3 Å². The van der Waals surface area contributed by atoms with E-state index in [9.17, 15) is 13.8 Å². The second kappa shape index (κ2) is 12.5.